The zero-order chi connectivity index (χ0) is 27.9. The highest BCUT2D eigenvalue weighted by atomic mass is 32.2. The standard InChI is InChI=1S/C32H33N3O4S/c1-3-18-39-27-15-13-25(14-16-27)30-28-29(24-11-9-22(2)10-12-24)33-35(26-17-19-40(37,38)21-26)31(28)32(36)34(30)20-23-7-5-4-6-8-23/h4-16,26,30H,3,17-21H2,1-2H3/t26-,30+/m1/s1. The first-order valence-corrected chi connectivity index (χ1v) is 15.6. The molecule has 1 saturated heterocycles. The highest BCUT2D eigenvalue weighted by molar-refractivity contribution is 7.91. The first-order chi connectivity index (χ1) is 19.3. The number of sulfone groups is 1. The van der Waals surface area contributed by atoms with Gasteiger partial charge in [0.2, 0.25) is 0 Å². The predicted octanol–water partition coefficient (Wildman–Crippen LogP) is 5.75. The third kappa shape index (κ3) is 4.92. The van der Waals surface area contributed by atoms with Gasteiger partial charge in [-0.15, -0.1) is 0 Å². The third-order valence-electron chi connectivity index (χ3n) is 7.74. The summed E-state index contributed by atoms with van der Waals surface area (Å²) in [6, 6.07) is 25.3. The number of rotatable bonds is 8. The average molecular weight is 556 g/mol. The van der Waals surface area contributed by atoms with E-state index in [0.717, 1.165) is 45.7 Å². The van der Waals surface area contributed by atoms with Crippen molar-refractivity contribution in [2.75, 3.05) is 18.1 Å². The molecule has 6 rings (SSSR count). The lowest BCUT2D eigenvalue weighted by Gasteiger charge is -2.27. The number of ether oxygens (including phenoxy) is 1. The second-order valence-electron chi connectivity index (χ2n) is 10.7. The summed E-state index contributed by atoms with van der Waals surface area (Å²) >= 11 is 0. The largest absolute Gasteiger partial charge is 0.494 e. The molecule has 2 aliphatic rings. The van der Waals surface area contributed by atoms with E-state index in [4.69, 9.17) is 9.84 Å². The molecule has 0 spiro atoms. The monoisotopic (exact) mass is 555 g/mol. The van der Waals surface area contributed by atoms with E-state index >= 15 is 0 Å². The van der Waals surface area contributed by atoms with Gasteiger partial charge in [-0.25, -0.2) is 8.42 Å². The minimum atomic E-state index is -3.18. The van der Waals surface area contributed by atoms with Gasteiger partial charge in [-0.3, -0.25) is 9.48 Å². The molecule has 0 bridgehead atoms. The first-order valence-electron chi connectivity index (χ1n) is 13.8. The topological polar surface area (TPSA) is 81.5 Å². The molecule has 0 aliphatic carbocycles. The molecule has 2 aliphatic heterocycles. The fraction of sp³-hybridized carbons (Fsp3) is 0.312. The summed E-state index contributed by atoms with van der Waals surface area (Å²) in [6.07, 6.45) is 1.37. The number of carbonyl (C=O) groups excluding carboxylic acids is 1. The van der Waals surface area contributed by atoms with E-state index in [-0.39, 0.29) is 29.5 Å². The number of aromatic nitrogens is 2. The van der Waals surface area contributed by atoms with Gasteiger partial charge >= 0.3 is 0 Å². The molecule has 0 unspecified atom stereocenters. The van der Waals surface area contributed by atoms with E-state index in [1.165, 1.54) is 0 Å². The Labute approximate surface area is 235 Å². The average Bonchev–Trinajstić information content (AvgIpc) is 3.60. The molecule has 1 fully saturated rings. The molecule has 8 heteroatoms. The normalized spacial score (nSPS) is 19.6. The third-order valence-corrected chi connectivity index (χ3v) is 9.49. The molecule has 0 saturated carbocycles. The van der Waals surface area contributed by atoms with Crippen LogP contribution in [0.15, 0.2) is 78.9 Å². The van der Waals surface area contributed by atoms with Gasteiger partial charge in [0.1, 0.15) is 11.4 Å². The maximum absolute atomic E-state index is 14.3. The van der Waals surface area contributed by atoms with Gasteiger partial charge in [-0.2, -0.15) is 5.10 Å². The summed E-state index contributed by atoms with van der Waals surface area (Å²) in [5.41, 5.74) is 6.06. The molecule has 4 aromatic rings. The van der Waals surface area contributed by atoms with Gasteiger partial charge in [0.15, 0.2) is 9.84 Å². The Morgan fingerprint density at radius 2 is 1.70 bits per heavy atom. The summed E-state index contributed by atoms with van der Waals surface area (Å²) in [4.78, 5) is 16.2. The van der Waals surface area contributed by atoms with Gasteiger partial charge in [0.05, 0.1) is 35.9 Å². The molecule has 3 heterocycles. The smallest absolute Gasteiger partial charge is 0.273 e. The Morgan fingerprint density at radius 3 is 2.35 bits per heavy atom. The quantitative estimate of drug-likeness (QED) is 0.276. The molecule has 0 N–H and O–H groups in total. The summed E-state index contributed by atoms with van der Waals surface area (Å²) < 4.78 is 32.5. The number of fused-ring (bicyclic) bond motifs is 1. The van der Waals surface area contributed by atoms with Crippen molar-refractivity contribution >= 4 is 15.7 Å². The highest BCUT2D eigenvalue weighted by Crippen LogP contribution is 2.46. The number of aryl methyl sites for hydroxylation is 1. The molecule has 1 aromatic heterocycles. The summed E-state index contributed by atoms with van der Waals surface area (Å²) in [5, 5.41) is 4.99. The lowest BCUT2D eigenvalue weighted by molar-refractivity contribution is 0.0722. The molecule has 2 atom stereocenters. The predicted molar refractivity (Wildman–Crippen MR) is 155 cm³/mol. The number of amides is 1. The van der Waals surface area contributed by atoms with Gasteiger partial charge in [-0.1, -0.05) is 79.2 Å². The van der Waals surface area contributed by atoms with Gasteiger partial charge in [-0.05, 0) is 43.0 Å². The van der Waals surface area contributed by atoms with Crippen molar-refractivity contribution in [3.05, 3.63) is 107 Å². The van der Waals surface area contributed by atoms with Crippen molar-refractivity contribution < 1.29 is 17.9 Å². The van der Waals surface area contributed by atoms with Crippen molar-refractivity contribution in [3.8, 4) is 17.0 Å². The summed E-state index contributed by atoms with van der Waals surface area (Å²) in [6.45, 7) is 5.16. The van der Waals surface area contributed by atoms with Crippen LogP contribution in [0.5, 0.6) is 5.75 Å². The van der Waals surface area contributed by atoms with E-state index < -0.39 is 9.84 Å². The Morgan fingerprint density at radius 1 is 0.975 bits per heavy atom. The minimum absolute atomic E-state index is 0.00540. The number of hydrogen-bond acceptors (Lipinski definition) is 5. The van der Waals surface area contributed by atoms with Crippen molar-refractivity contribution in [1.29, 1.82) is 0 Å². The summed E-state index contributed by atoms with van der Waals surface area (Å²) in [7, 11) is -3.18. The van der Waals surface area contributed by atoms with E-state index in [1.54, 1.807) is 4.68 Å². The Hall–Kier alpha value is -3.91. The van der Waals surface area contributed by atoms with Crippen LogP contribution in [-0.2, 0) is 16.4 Å². The fourth-order valence-electron chi connectivity index (χ4n) is 5.74. The van der Waals surface area contributed by atoms with E-state index in [0.29, 0.717) is 25.3 Å². The second-order valence-corrected chi connectivity index (χ2v) is 12.9. The van der Waals surface area contributed by atoms with Crippen molar-refractivity contribution in [2.24, 2.45) is 0 Å². The molecular weight excluding hydrogens is 522 g/mol. The second kappa shape index (κ2) is 10.6. The Kier molecular flexibility index (Phi) is 6.96. The maximum atomic E-state index is 14.3. The van der Waals surface area contributed by atoms with Crippen LogP contribution in [0.25, 0.3) is 11.3 Å². The van der Waals surface area contributed by atoms with Crippen LogP contribution in [-0.4, -0.2) is 47.1 Å². The van der Waals surface area contributed by atoms with Gasteiger partial charge in [0.25, 0.3) is 5.91 Å². The number of carbonyl (C=O) groups is 1. The zero-order valence-electron chi connectivity index (χ0n) is 22.8. The van der Waals surface area contributed by atoms with Crippen LogP contribution in [0.3, 0.4) is 0 Å². The molecule has 1 amide bonds. The molecule has 7 nitrogen and oxygen atoms in total. The van der Waals surface area contributed by atoms with Crippen LogP contribution in [0, 0.1) is 6.92 Å². The van der Waals surface area contributed by atoms with Crippen molar-refractivity contribution in [1.82, 2.24) is 14.7 Å². The molecule has 206 valence electrons. The highest BCUT2D eigenvalue weighted by Gasteiger charge is 2.46. The number of benzene rings is 3. The SMILES string of the molecule is CCCOc1ccc([C@H]2c3c(-c4ccc(C)cc4)nn([C@@H]4CCS(=O)(=O)C4)c3C(=O)N2Cc2ccccc2)cc1. The van der Waals surface area contributed by atoms with E-state index in [2.05, 4.69) is 6.92 Å². The van der Waals surface area contributed by atoms with Crippen LogP contribution >= 0.6 is 0 Å². The van der Waals surface area contributed by atoms with Crippen molar-refractivity contribution in [3.63, 3.8) is 0 Å². The van der Waals surface area contributed by atoms with Crippen LogP contribution < -0.4 is 4.74 Å². The van der Waals surface area contributed by atoms with Crippen molar-refractivity contribution in [2.45, 2.75) is 45.3 Å². The number of nitrogens with zero attached hydrogens (tertiary/aromatic N) is 3. The van der Waals surface area contributed by atoms with E-state index in [1.807, 2.05) is 90.7 Å². The summed E-state index contributed by atoms with van der Waals surface area (Å²) in [5.74, 6) is 0.756. The Balaban J connectivity index is 1.52. The van der Waals surface area contributed by atoms with E-state index in [9.17, 15) is 13.2 Å². The van der Waals surface area contributed by atoms with Gasteiger partial charge in [0, 0.05) is 17.7 Å². The van der Waals surface area contributed by atoms with Crippen LogP contribution in [0.4, 0.5) is 0 Å². The number of hydrogen-bond donors (Lipinski definition) is 0. The molecule has 0 radical (unpaired) electrons. The minimum Gasteiger partial charge on any atom is -0.494 e. The fourth-order valence-corrected chi connectivity index (χ4v) is 7.43. The zero-order valence-corrected chi connectivity index (χ0v) is 23.6. The maximum Gasteiger partial charge on any atom is 0.273 e. The molecule has 3 aromatic carbocycles. The molecular formula is C32H33N3O4S. The molecule has 40 heavy (non-hydrogen) atoms. The lowest BCUT2D eigenvalue weighted by Crippen LogP contribution is -2.30. The first kappa shape index (κ1) is 26.3. The lowest BCUT2D eigenvalue weighted by atomic mass is 9.95. The van der Waals surface area contributed by atoms with Crippen LogP contribution in [0.2, 0.25) is 0 Å². The van der Waals surface area contributed by atoms with Crippen LogP contribution in [0.1, 0.15) is 64.6 Å². The van der Waals surface area contributed by atoms with Gasteiger partial charge < -0.3 is 9.64 Å². The Bertz CT molecular complexity index is 1630.